The summed E-state index contributed by atoms with van der Waals surface area (Å²) in [4.78, 5) is 8.62. The molecule has 8 nitrogen and oxygen atoms in total. The van der Waals surface area contributed by atoms with Crippen molar-refractivity contribution in [3.8, 4) is 11.1 Å². The third-order valence-corrected chi connectivity index (χ3v) is 6.41. The number of nitrogens with one attached hydrogen (secondary N) is 3. The number of anilines is 1. The molecule has 4 heterocycles. The number of halogens is 4. The van der Waals surface area contributed by atoms with Crippen LogP contribution >= 0.6 is 0 Å². The third kappa shape index (κ3) is 4.49. The quantitative estimate of drug-likeness (QED) is 0.281. The monoisotopic (exact) mass is 523 g/mol. The average molecular weight is 523 g/mol. The zero-order valence-corrected chi connectivity index (χ0v) is 19.7. The van der Waals surface area contributed by atoms with Gasteiger partial charge in [0.25, 0.3) is 0 Å². The molecule has 194 valence electrons. The van der Waals surface area contributed by atoms with Gasteiger partial charge in [-0.1, -0.05) is 24.3 Å². The Hall–Kier alpha value is -4.61. The van der Waals surface area contributed by atoms with Crippen molar-refractivity contribution in [3.63, 3.8) is 0 Å². The molecule has 4 aromatic rings. The minimum absolute atomic E-state index is 0.0106. The van der Waals surface area contributed by atoms with Gasteiger partial charge in [0, 0.05) is 31.3 Å². The van der Waals surface area contributed by atoms with Crippen molar-refractivity contribution in [2.24, 2.45) is 0 Å². The van der Waals surface area contributed by atoms with Crippen molar-refractivity contribution in [1.82, 2.24) is 30.8 Å². The van der Waals surface area contributed by atoms with Crippen molar-refractivity contribution in [2.75, 3.05) is 12.3 Å². The van der Waals surface area contributed by atoms with E-state index >= 15 is 0 Å². The van der Waals surface area contributed by atoms with Gasteiger partial charge in [-0.3, -0.25) is 5.10 Å². The number of hydrogen-bond acceptors (Lipinski definition) is 7. The minimum atomic E-state index is -4.52. The average Bonchev–Trinajstić information content (AvgIpc) is 3.50. The number of hydrogen-bond donors (Lipinski definition) is 4. The lowest BCUT2D eigenvalue weighted by atomic mass is 10.0. The van der Waals surface area contributed by atoms with Gasteiger partial charge in [0.05, 0.1) is 22.2 Å². The highest BCUT2D eigenvalue weighted by molar-refractivity contribution is 5.89. The summed E-state index contributed by atoms with van der Waals surface area (Å²) in [5.74, 6) is 1.04. The van der Waals surface area contributed by atoms with E-state index in [1.54, 1.807) is 6.20 Å². The highest BCUT2D eigenvalue weighted by Crippen LogP contribution is 2.34. The molecular weight excluding hydrogens is 502 g/mol. The Morgan fingerprint density at radius 3 is 2.76 bits per heavy atom. The second-order valence-electron chi connectivity index (χ2n) is 9.00. The van der Waals surface area contributed by atoms with E-state index in [0.29, 0.717) is 35.3 Å². The van der Waals surface area contributed by atoms with Gasteiger partial charge in [-0.2, -0.15) is 18.3 Å². The molecule has 0 radical (unpaired) electrons. The predicted octanol–water partition coefficient (Wildman–Crippen LogP) is 4.65. The Morgan fingerprint density at radius 2 is 1.97 bits per heavy atom. The maximum absolute atomic E-state index is 13.7. The van der Waals surface area contributed by atoms with Crippen LogP contribution < -0.4 is 16.4 Å². The fraction of sp³-hybridized carbons (Fsp3) is 0.192. The predicted molar refractivity (Wildman–Crippen MR) is 134 cm³/mol. The fourth-order valence-corrected chi connectivity index (χ4v) is 4.37. The molecular formula is C26H21F4N7O. The topological polar surface area (TPSA) is 118 Å². The van der Waals surface area contributed by atoms with Gasteiger partial charge >= 0.3 is 6.18 Å². The van der Waals surface area contributed by atoms with Crippen LogP contribution in [0.2, 0.25) is 0 Å². The van der Waals surface area contributed by atoms with E-state index in [9.17, 15) is 17.6 Å². The zero-order valence-electron chi connectivity index (χ0n) is 19.7. The maximum atomic E-state index is 13.7. The molecule has 0 spiro atoms. The zero-order chi connectivity index (χ0) is 26.4. The van der Waals surface area contributed by atoms with E-state index in [4.69, 9.17) is 10.2 Å². The number of benzene rings is 1. The summed E-state index contributed by atoms with van der Waals surface area (Å²) in [5.41, 5.74) is 8.88. The van der Waals surface area contributed by atoms with Crippen molar-refractivity contribution in [1.29, 1.82) is 0 Å². The van der Waals surface area contributed by atoms with Gasteiger partial charge in [0.1, 0.15) is 12.0 Å². The van der Waals surface area contributed by atoms with E-state index < -0.39 is 24.5 Å². The van der Waals surface area contributed by atoms with Crippen molar-refractivity contribution in [3.05, 3.63) is 83.0 Å². The number of dihydropyridines is 1. The first kappa shape index (κ1) is 23.8. The summed E-state index contributed by atoms with van der Waals surface area (Å²) in [6, 6.07) is 9.55. The molecule has 0 fully saturated rings. The highest BCUT2D eigenvalue weighted by atomic mass is 19.4. The second-order valence-corrected chi connectivity index (χ2v) is 9.00. The molecule has 1 aliphatic heterocycles. The number of H-pyrrole nitrogens is 1. The molecule has 1 aliphatic carbocycles. The smallest absolute Gasteiger partial charge is 0.414 e. The molecule has 0 saturated carbocycles. The van der Waals surface area contributed by atoms with Gasteiger partial charge in [-0.05, 0) is 35.4 Å². The number of oxazole rings is 1. The van der Waals surface area contributed by atoms with Gasteiger partial charge in [0.2, 0.25) is 5.89 Å². The summed E-state index contributed by atoms with van der Waals surface area (Å²) >= 11 is 0. The fourth-order valence-electron chi connectivity index (χ4n) is 4.37. The van der Waals surface area contributed by atoms with E-state index in [-0.39, 0.29) is 17.9 Å². The molecule has 0 saturated heterocycles. The van der Waals surface area contributed by atoms with Crippen LogP contribution in [-0.4, -0.2) is 39.1 Å². The first-order chi connectivity index (χ1) is 18.2. The lowest BCUT2D eigenvalue weighted by Gasteiger charge is -2.23. The summed E-state index contributed by atoms with van der Waals surface area (Å²) in [6.45, 7) is -0.0894. The minimum Gasteiger partial charge on any atom is -0.436 e. The van der Waals surface area contributed by atoms with Gasteiger partial charge < -0.3 is 20.8 Å². The summed E-state index contributed by atoms with van der Waals surface area (Å²) in [6.07, 6.45) is -0.199. The number of aromatic nitrogens is 4. The number of alkyl halides is 4. The molecule has 38 heavy (non-hydrogen) atoms. The lowest BCUT2D eigenvalue weighted by Crippen LogP contribution is -2.35. The number of nitrogen functional groups attached to an aromatic ring is 1. The second kappa shape index (κ2) is 9.05. The van der Waals surface area contributed by atoms with Crippen molar-refractivity contribution in [2.45, 2.75) is 25.3 Å². The largest absolute Gasteiger partial charge is 0.436 e. The SMILES string of the molecule is Nc1n[nH]c2ncc(-c3ccc(CNC4=C(c5nc6c(o5)C=C[C@@H](F)C6)C=C(C(F)(F)F)CN4)cc3)cc12. The summed E-state index contributed by atoms with van der Waals surface area (Å²) in [7, 11) is 0. The Balaban J connectivity index is 1.25. The summed E-state index contributed by atoms with van der Waals surface area (Å²) in [5, 5.41) is 13.4. The van der Waals surface area contributed by atoms with Gasteiger partial charge in [-0.15, -0.1) is 0 Å². The summed E-state index contributed by atoms with van der Waals surface area (Å²) < 4.78 is 59.9. The number of nitrogens with two attached hydrogens (primary N) is 1. The lowest BCUT2D eigenvalue weighted by molar-refractivity contribution is -0.0928. The number of fused-ring (bicyclic) bond motifs is 2. The van der Waals surface area contributed by atoms with Crippen LogP contribution in [0.15, 0.2) is 64.5 Å². The van der Waals surface area contributed by atoms with E-state index in [0.717, 1.165) is 28.2 Å². The van der Waals surface area contributed by atoms with Crippen LogP contribution in [0.3, 0.4) is 0 Å². The molecule has 1 atom stereocenters. The van der Waals surface area contributed by atoms with E-state index in [1.165, 1.54) is 12.2 Å². The number of pyridine rings is 1. The number of nitrogens with zero attached hydrogens (tertiary/aromatic N) is 3. The first-order valence-electron chi connectivity index (χ1n) is 11.8. The van der Waals surface area contributed by atoms with Crippen molar-refractivity contribution >= 4 is 28.5 Å². The Bertz CT molecular complexity index is 1610. The number of allylic oxidation sites excluding steroid dienone is 3. The molecule has 12 heteroatoms. The molecule has 5 N–H and O–H groups in total. The molecule has 3 aromatic heterocycles. The third-order valence-electron chi connectivity index (χ3n) is 6.41. The standard InChI is InChI=1S/C26H21F4N7O/c27-17-5-6-21-20(9-17)35-25(38-21)19-8-16(26(28,29)30)12-34-23(19)32-10-13-1-3-14(4-2-13)15-7-18-22(31)36-37-24(18)33-11-15/h1-8,11,17,32,34H,9-10,12H2,(H3,31,33,36,37)/t17-/m1/s1. The van der Waals surface area contributed by atoms with Gasteiger partial charge in [-0.25, -0.2) is 14.4 Å². The number of rotatable bonds is 5. The first-order valence-corrected chi connectivity index (χ1v) is 11.8. The molecule has 6 rings (SSSR count). The maximum Gasteiger partial charge on any atom is 0.414 e. The Labute approximate surface area is 213 Å². The number of aromatic amines is 1. The molecule has 0 bridgehead atoms. The van der Waals surface area contributed by atoms with Crippen LogP contribution in [0.25, 0.3) is 33.8 Å². The van der Waals surface area contributed by atoms with Gasteiger partial charge in [0.15, 0.2) is 17.2 Å². The van der Waals surface area contributed by atoms with E-state index in [2.05, 4.69) is 30.8 Å². The molecule has 1 aromatic carbocycles. The Morgan fingerprint density at radius 1 is 1.16 bits per heavy atom. The van der Waals surface area contributed by atoms with Crippen LogP contribution in [0.1, 0.15) is 22.9 Å². The van der Waals surface area contributed by atoms with Crippen LogP contribution in [0.5, 0.6) is 0 Å². The normalized spacial score (nSPS) is 17.4. The van der Waals surface area contributed by atoms with E-state index in [1.807, 2.05) is 30.3 Å². The Kier molecular flexibility index (Phi) is 5.66. The van der Waals surface area contributed by atoms with Crippen LogP contribution in [0, 0.1) is 0 Å². The molecule has 0 unspecified atom stereocenters. The molecule has 2 aliphatic rings. The molecule has 0 amide bonds. The van der Waals surface area contributed by atoms with Crippen LogP contribution in [0.4, 0.5) is 23.4 Å². The van der Waals surface area contributed by atoms with Crippen LogP contribution in [-0.2, 0) is 13.0 Å². The van der Waals surface area contributed by atoms with Crippen molar-refractivity contribution < 1.29 is 22.0 Å². The highest BCUT2D eigenvalue weighted by Gasteiger charge is 2.36.